The normalized spacial score (nSPS) is 20.7. The Morgan fingerprint density at radius 2 is 1.73 bits per heavy atom. The molecule has 0 atom stereocenters. The summed E-state index contributed by atoms with van der Waals surface area (Å²) in [6.45, 7) is 2.13. The first-order valence-electron chi connectivity index (χ1n) is 4.10. The molecule has 1 aliphatic heterocycles. The maximum atomic E-state index is 5.35. The Labute approximate surface area is 72.9 Å². The summed E-state index contributed by atoms with van der Waals surface area (Å²) in [6.07, 6.45) is 5.15. The summed E-state index contributed by atoms with van der Waals surface area (Å²) in [5.74, 6) is 0. The van der Waals surface area contributed by atoms with Crippen LogP contribution >= 0.6 is 12.2 Å². The Balaban J connectivity index is 2.25. The molecule has 1 heterocycles. The van der Waals surface area contributed by atoms with Gasteiger partial charge in [0.25, 0.3) is 0 Å². The van der Waals surface area contributed by atoms with E-state index in [2.05, 4.69) is 10.4 Å². The monoisotopic (exact) mass is 173 g/mol. The van der Waals surface area contributed by atoms with Crippen molar-refractivity contribution < 1.29 is 0 Å². The first kappa shape index (κ1) is 8.74. The van der Waals surface area contributed by atoms with E-state index >= 15 is 0 Å². The van der Waals surface area contributed by atoms with E-state index in [-0.39, 0.29) is 0 Å². The molecular weight excluding hydrogens is 158 g/mol. The molecule has 0 aromatic heterocycles. The van der Waals surface area contributed by atoms with Gasteiger partial charge in [-0.2, -0.15) is 0 Å². The van der Waals surface area contributed by atoms with Gasteiger partial charge in [0.15, 0.2) is 5.11 Å². The highest BCUT2D eigenvalue weighted by atomic mass is 32.1. The molecular formula is C7H15N3S. The van der Waals surface area contributed by atoms with Crippen molar-refractivity contribution in [3.05, 3.63) is 0 Å². The van der Waals surface area contributed by atoms with E-state index in [1.165, 1.54) is 25.7 Å². The molecule has 3 N–H and O–H groups in total. The van der Waals surface area contributed by atoms with Crippen molar-refractivity contribution in [2.45, 2.75) is 25.7 Å². The van der Waals surface area contributed by atoms with E-state index in [4.69, 9.17) is 18.0 Å². The van der Waals surface area contributed by atoms with Crippen molar-refractivity contribution in [3.63, 3.8) is 0 Å². The molecule has 1 fully saturated rings. The number of rotatable bonds is 1. The van der Waals surface area contributed by atoms with E-state index in [1.54, 1.807) is 0 Å². The highest BCUT2D eigenvalue weighted by Crippen LogP contribution is 2.06. The third kappa shape index (κ3) is 3.53. The third-order valence-corrected chi connectivity index (χ3v) is 1.97. The molecule has 0 unspecified atom stereocenters. The smallest absolute Gasteiger partial charge is 0.178 e. The molecule has 1 rings (SSSR count). The molecule has 4 heteroatoms. The summed E-state index contributed by atoms with van der Waals surface area (Å²) in [7, 11) is 0. The van der Waals surface area contributed by atoms with Gasteiger partial charge < -0.3 is 5.73 Å². The minimum absolute atomic E-state index is 0.381. The van der Waals surface area contributed by atoms with Crippen LogP contribution in [0.3, 0.4) is 0 Å². The van der Waals surface area contributed by atoms with Crippen LogP contribution in [-0.4, -0.2) is 23.2 Å². The summed E-state index contributed by atoms with van der Waals surface area (Å²) in [4.78, 5) is 0. The zero-order chi connectivity index (χ0) is 8.10. The van der Waals surface area contributed by atoms with E-state index < -0.39 is 0 Å². The third-order valence-electron chi connectivity index (χ3n) is 1.87. The lowest BCUT2D eigenvalue weighted by Gasteiger charge is -2.20. The molecule has 64 valence electrons. The van der Waals surface area contributed by atoms with Gasteiger partial charge in [0.05, 0.1) is 0 Å². The van der Waals surface area contributed by atoms with Crippen LogP contribution in [0, 0.1) is 0 Å². The van der Waals surface area contributed by atoms with Crippen LogP contribution in [0.25, 0.3) is 0 Å². The van der Waals surface area contributed by atoms with Crippen LogP contribution in [0.4, 0.5) is 0 Å². The lowest BCUT2D eigenvalue weighted by atomic mass is 10.2. The zero-order valence-electron chi connectivity index (χ0n) is 6.68. The predicted octanol–water partition coefficient (Wildman–Crippen LogP) is 0.611. The van der Waals surface area contributed by atoms with Crippen LogP contribution in [0.1, 0.15) is 25.7 Å². The zero-order valence-corrected chi connectivity index (χ0v) is 7.49. The highest BCUT2D eigenvalue weighted by molar-refractivity contribution is 7.80. The lowest BCUT2D eigenvalue weighted by Crippen LogP contribution is -2.45. The maximum absolute atomic E-state index is 5.35. The van der Waals surface area contributed by atoms with Crippen molar-refractivity contribution in [2.75, 3.05) is 13.1 Å². The molecule has 0 radical (unpaired) electrons. The second kappa shape index (κ2) is 4.51. The van der Waals surface area contributed by atoms with Crippen LogP contribution < -0.4 is 11.2 Å². The van der Waals surface area contributed by atoms with Gasteiger partial charge in [-0.05, 0) is 25.1 Å². The Kier molecular flexibility index (Phi) is 3.59. The van der Waals surface area contributed by atoms with E-state index in [9.17, 15) is 0 Å². The number of nitrogens with one attached hydrogen (secondary N) is 1. The average Bonchev–Trinajstić information content (AvgIpc) is 2.14. The fourth-order valence-corrected chi connectivity index (χ4v) is 1.47. The topological polar surface area (TPSA) is 41.3 Å². The van der Waals surface area contributed by atoms with Gasteiger partial charge in [-0.25, -0.2) is 5.01 Å². The average molecular weight is 173 g/mol. The molecule has 0 amide bonds. The van der Waals surface area contributed by atoms with Crippen LogP contribution in [0.15, 0.2) is 0 Å². The molecule has 11 heavy (non-hydrogen) atoms. The molecule has 1 aliphatic rings. The van der Waals surface area contributed by atoms with Crippen molar-refractivity contribution >= 4 is 17.3 Å². The lowest BCUT2D eigenvalue weighted by molar-refractivity contribution is 0.246. The van der Waals surface area contributed by atoms with Gasteiger partial charge in [-0.1, -0.05) is 12.8 Å². The summed E-state index contributed by atoms with van der Waals surface area (Å²) in [5, 5.41) is 2.49. The molecule has 0 bridgehead atoms. The van der Waals surface area contributed by atoms with Crippen molar-refractivity contribution in [2.24, 2.45) is 5.73 Å². The summed E-state index contributed by atoms with van der Waals surface area (Å²) < 4.78 is 0. The Morgan fingerprint density at radius 1 is 1.18 bits per heavy atom. The highest BCUT2D eigenvalue weighted by Gasteiger charge is 2.07. The van der Waals surface area contributed by atoms with Gasteiger partial charge in [0, 0.05) is 13.1 Å². The number of thiocarbonyl (C=S) groups is 1. The van der Waals surface area contributed by atoms with Crippen molar-refractivity contribution in [1.82, 2.24) is 10.4 Å². The Bertz CT molecular complexity index is 130. The minimum atomic E-state index is 0.381. The number of hydrazine groups is 1. The van der Waals surface area contributed by atoms with E-state index in [0.29, 0.717) is 5.11 Å². The summed E-state index contributed by atoms with van der Waals surface area (Å²) >= 11 is 4.75. The second-order valence-electron chi connectivity index (χ2n) is 2.88. The largest absolute Gasteiger partial charge is 0.375 e. The molecule has 3 nitrogen and oxygen atoms in total. The summed E-state index contributed by atoms with van der Waals surface area (Å²) in [5.41, 5.74) is 8.32. The number of nitrogens with two attached hydrogens (primary N) is 1. The van der Waals surface area contributed by atoms with Crippen molar-refractivity contribution in [1.29, 1.82) is 0 Å². The fraction of sp³-hybridized carbons (Fsp3) is 0.857. The molecule has 0 aromatic carbocycles. The number of nitrogens with zero attached hydrogens (tertiary/aromatic N) is 1. The molecule has 0 saturated carbocycles. The van der Waals surface area contributed by atoms with Gasteiger partial charge >= 0.3 is 0 Å². The van der Waals surface area contributed by atoms with Gasteiger partial charge in [-0.3, -0.25) is 5.43 Å². The molecule has 0 aromatic rings. The van der Waals surface area contributed by atoms with E-state index in [1.807, 2.05) is 0 Å². The van der Waals surface area contributed by atoms with Crippen LogP contribution in [-0.2, 0) is 0 Å². The van der Waals surface area contributed by atoms with Crippen LogP contribution in [0.2, 0.25) is 0 Å². The molecule has 0 spiro atoms. The van der Waals surface area contributed by atoms with Crippen molar-refractivity contribution in [3.8, 4) is 0 Å². The van der Waals surface area contributed by atoms with Gasteiger partial charge in [0.1, 0.15) is 0 Å². The predicted molar refractivity (Wildman–Crippen MR) is 50.0 cm³/mol. The number of hydrogen-bond donors (Lipinski definition) is 2. The SMILES string of the molecule is NC(=S)NN1CCCCCC1. The summed E-state index contributed by atoms with van der Waals surface area (Å²) in [6, 6.07) is 0. The second-order valence-corrected chi connectivity index (χ2v) is 3.32. The van der Waals surface area contributed by atoms with E-state index in [0.717, 1.165) is 13.1 Å². The molecule has 1 saturated heterocycles. The number of hydrogen-bond acceptors (Lipinski definition) is 2. The molecule has 0 aliphatic carbocycles. The first-order chi connectivity index (χ1) is 5.29. The van der Waals surface area contributed by atoms with Gasteiger partial charge in [0.2, 0.25) is 0 Å². The van der Waals surface area contributed by atoms with Gasteiger partial charge in [-0.15, -0.1) is 0 Å². The minimum Gasteiger partial charge on any atom is -0.375 e. The Hall–Kier alpha value is -0.350. The standard InChI is InChI=1S/C7H15N3S/c8-7(11)9-10-5-3-1-2-4-6-10/h1-6H2,(H3,8,9,11). The fourth-order valence-electron chi connectivity index (χ4n) is 1.34. The quantitative estimate of drug-likeness (QED) is 0.570. The maximum Gasteiger partial charge on any atom is 0.178 e. The first-order valence-corrected chi connectivity index (χ1v) is 4.51. The van der Waals surface area contributed by atoms with Crippen LogP contribution in [0.5, 0.6) is 0 Å². The Morgan fingerprint density at radius 3 is 2.18 bits per heavy atom.